The minimum Gasteiger partial charge on any atom is -0.545 e. The molecule has 0 aromatic heterocycles. The zero-order valence-electron chi connectivity index (χ0n) is 12.6. The molecule has 4 nitrogen and oxygen atoms in total. The van der Waals surface area contributed by atoms with Crippen LogP contribution in [0.2, 0.25) is 0 Å². The second-order valence-electron chi connectivity index (χ2n) is 6.78. The third-order valence-electron chi connectivity index (χ3n) is 3.72. The molecule has 1 aliphatic heterocycles. The fraction of sp³-hybridized carbons (Fsp3) is 0.562. The van der Waals surface area contributed by atoms with E-state index >= 15 is 0 Å². The van der Waals surface area contributed by atoms with Crippen LogP contribution < -0.4 is 14.9 Å². The van der Waals surface area contributed by atoms with E-state index in [1.807, 2.05) is 12.1 Å². The SMILES string of the molecule is CC(C)(C)C[NH+]1CCN(c2ccccc2C(=O)[O-])CC1. The summed E-state index contributed by atoms with van der Waals surface area (Å²) in [6.07, 6.45) is 0. The van der Waals surface area contributed by atoms with Gasteiger partial charge < -0.3 is 19.7 Å². The van der Waals surface area contributed by atoms with Gasteiger partial charge in [-0.25, -0.2) is 0 Å². The minimum atomic E-state index is -1.09. The number of anilines is 1. The van der Waals surface area contributed by atoms with E-state index in [9.17, 15) is 9.90 Å². The van der Waals surface area contributed by atoms with Gasteiger partial charge >= 0.3 is 0 Å². The predicted molar refractivity (Wildman–Crippen MR) is 78.0 cm³/mol. The van der Waals surface area contributed by atoms with Crippen molar-refractivity contribution >= 4 is 11.7 Å². The van der Waals surface area contributed by atoms with Crippen molar-refractivity contribution in [3.8, 4) is 0 Å². The number of quaternary nitrogens is 1. The van der Waals surface area contributed by atoms with Crippen LogP contribution in [-0.2, 0) is 0 Å². The molecule has 1 N–H and O–H groups in total. The minimum absolute atomic E-state index is 0.298. The quantitative estimate of drug-likeness (QED) is 0.832. The van der Waals surface area contributed by atoms with Crippen LogP contribution in [-0.4, -0.2) is 38.7 Å². The molecule has 0 atom stereocenters. The van der Waals surface area contributed by atoms with E-state index in [2.05, 4.69) is 25.7 Å². The summed E-state index contributed by atoms with van der Waals surface area (Å²) in [6.45, 7) is 11.8. The normalized spacial score (nSPS) is 17.2. The molecule has 0 amide bonds. The van der Waals surface area contributed by atoms with E-state index in [1.54, 1.807) is 17.0 Å². The van der Waals surface area contributed by atoms with E-state index in [0.717, 1.165) is 38.4 Å². The lowest BCUT2D eigenvalue weighted by molar-refractivity contribution is -0.906. The van der Waals surface area contributed by atoms with Crippen molar-refractivity contribution in [2.24, 2.45) is 5.41 Å². The molecule has 0 radical (unpaired) electrons. The number of piperazine rings is 1. The van der Waals surface area contributed by atoms with E-state index in [-0.39, 0.29) is 0 Å². The van der Waals surface area contributed by atoms with Gasteiger partial charge in [0.2, 0.25) is 0 Å². The second-order valence-corrected chi connectivity index (χ2v) is 6.78. The lowest BCUT2D eigenvalue weighted by Crippen LogP contribution is -3.15. The maximum atomic E-state index is 11.2. The number of benzene rings is 1. The van der Waals surface area contributed by atoms with Gasteiger partial charge in [0.1, 0.15) is 0 Å². The molecule has 0 aliphatic carbocycles. The summed E-state index contributed by atoms with van der Waals surface area (Å²) in [5.74, 6) is -1.09. The van der Waals surface area contributed by atoms with Crippen LogP contribution in [0.5, 0.6) is 0 Å². The molecule has 0 saturated carbocycles. The number of para-hydroxylation sites is 1. The van der Waals surface area contributed by atoms with Crippen LogP contribution in [0.3, 0.4) is 0 Å². The third kappa shape index (κ3) is 3.73. The summed E-state index contributed by atoms with van der Waals surface area (Å²) in [7, 11) is 0. The monoisotopic (exact) mass is 276 g/mol. The molecule has 110 valence electrons. The molecular formula is C16H24N2O2. The number of aromatic carboxylic acids is 1. The summed E-state index contributed by atoms with van der Waals surface area (Å²) >= 11 is 0. The van der Waals surface area contributed by atoms with Crippen LogP contribution in [0.25, 0.3) is 0 Å². The molecule has 0 unspecified atom stereocenters. The Labute approximate surface area is 121 Å². The number of carbonyl (C=O) groups is 1. The standard InChI is InChI=1S/C16H24N2O2/c1-16(2,3)12-17-8-10-18(11-9-17)14-7-5-4-6-13(14)15(19)20/h4-7H,8-12H2,1-3H3,(H,19,20). The zero-order chi connectivity index (χ0) is 14.8. The molecule has 1 aliphatic rings. The lowest BCUT2D eigenvalue weighted by Gasteiger charge is -2.37. The van der Waals surface area contributed by atoms with Gasteiger partial charge in [-0.1, -0.05) is 39.0 Å². The summed E-state index contributed by atoms with van der Waals surface area (Å²) in [5, 5.41) is 11.2. The van der Waals surface area contributed by atoms with Gasteiger partial charge in [-0.15, -0.1) is 0 Å². The van der Waals surface area contributed by atoms with Crippen molar-refractivity contribution in [2.75, 3.05) is 37.6 Å². The maximum absolute atomic E-state index is 11.2. The van der Waals surface area contributed by atoms with Gasteiger partial charge in [-0.2, -0.15) is 0 Å². The summed E-state index contributed by atoms with van der Waals surface area (Å²) in [6, 6.07) is 7.13. The first kappa shape index (κ1) is 14.9. The van der Waals surface area contributed by atoms with Gasteiger partial charge in [0, 0.05) is 16.7 Å². The number of hydrogen-bond donors (Lipinski definition) is 1. The van der Waals surface area contributed by atoms with Crippen LogP contribution in [0.1, 0.15) is 31.1 Å². The smallest absolute Gasteiger partial charge is 0.0949 e. The number of hydrogen-bond acceptors (Lipinski definition) is 3. The highest BCUT2D eigenvalue weighted by Gasteiger charge is 2.25. The molecule has 0 spiro atoms. The Hall–Kier alpha value is -1.55. The highest BCUT2D eigenvalue weighted by molar-refractivity contribution is 5.93. The lowest BCUT2D eigenvalue weighted by atomic mass is 9.95. The predicted octanol–water partition coefficient (Wildman–Crippen LogP) is -0.199. The van der Waals surface area contributed by atoms with E-state index in [4.69, 9.17) is 0 Å². The van der Waals surface area contributed by atoms with Crippen LogP contribution in [0, 0.1) is 5.41 Å². The Balaban J connectivity index is 2.03. The number of nitrogens with zero attached hydrogens (tertiary/aromatic N) is 1. The molecular weight excluding hydrogens is 252 g/mol. The maximum Gasteiger partial charge on any atom is 0.0949 e. The van der Waals surface area contributed by atoms with Gasteiger partial charge in [0.05, 0.1) is 38.7 Å². The van der Waals surface area contributed by atoms with Crippen LogP contribution in [0.4, 0.5) is 5.69 Å². The van der Waals surface area contributed by atoms with Crippen LogP contribution >= 0.6 is 0 Å². The number of nitrogens with one attached hydrogen (secondary N) is 1. The largest absolute Gasteiger partial charge is 0.545 e. The first-order valence-electron chi connectivity index (χ1n) is 7.26. The number of rotatable bonds is 3. The Kier molecular flexibility index (Phi) is 4.33. The number of carboxylic acid groups (broad SMARTS) is 1. The highest BCUT2D eigenvalue weighted by Crippen LogP contribution is 2.19. The van der Waals surface area contributed by atoms with Gasteiger partial charge in [-0.05, 0) is 6.07 Å². The van der Waals surface area contributed by atoms with Crippen molar-refractivity contribution in [3.63, 3.8) is 0 Å². The zero-order valence-corrected chi connectivity index (χ0v) is 12.6. The van der Waals surface area contributed by atoms with Crippen molar-refractivity contribution < 1.29 is 14.8 Å². The molecule has 4 heteroatoms. The number of carbonyl (C=O) groups excluding carboxylic acids is 1. The molecule has 1 aromatic carbocycles. The number of carboxylic acids is 1. The third-order valence-corrected chi connectivity index (χ3v) is 3.72. The summed E-state index contributed by atoms with van der Waals surface area (Å²) < 4.78 is 0. The highest BCUT2D eigenvalue weighted by atomic mass is 16.4. The molecule has 1 aromatic rings. The van der Waals surface area contributed by atoms with Gasteiger partial charge in [-0.3, -0.25) is 0 Å². The Bertz CT molecular complexity index is 472. The first-order chi connectivity index (χ1) is 9.37. The average molecular weight is 276 g/mol. The Morgan fingerprint density at radius 3 is 2.40 bits per heavy atom. The van der Waals surface area contributed by atoms with E-state index in [0.29, 0.717) is 11.0 Å². The Morgan fingerprint density at radius 1 is 1.25 bits per heavy atom. The van der Waals surface area contributed by atoms with Crippen molar-refractivity contribution in [2.45, 2.75) is 20.8 Å². The summed E-state index contributed by atoms with van der Waals surface area (Å²) in [4.78, 5) is 14.9. The molecule has 1 fully saturated rings. The van der Waals surface area contributed by atoms with Crippen molar-refractivity contribution in [1.82, 2.24) is 0 Å². The molecule has 1 saturated heterocycles. The fourth-order valence-electron chi connectivity index (χ4n) is 2.91. The van der Waals surface area contributed by atoms with Crippen molar-refractivity contribution in [1.29, 1.82) is 0 Å². The van der Waals surface area contributed by atoms with E-state index < -0.39 is 5.97 Å². The molecule has 1 heterocycles. The Morgan fingerprint density at radius 2 is 1.85 bits per heavy atom. The molecule has 0 bridgehead atoms. The van der Waals surface area contributed by atoms with Crippen molar-refractivity contribution in [3.05, 3.63) is 29.8 Å². The average Bonchev–Trinajstić information content (AvgIpc) is 2.38. The topological polar surface area (TPSA) is 47.8 Å². The van der Waals surface area contributed by atoms with Gasteiger partial charge in [0.15, 0.2) is 0 Å². The second kappa shape index (κ2) is 5.83. The summed E-state index contributed by atoms with van der Waals surface area (Å²) in [5.41, 5.74) is 1.43. The molecule has 20 heavy (non-hydrogen) atoms. The molecule has 2 rings (SSSR count). The first-order valence-corrected chi connectivity index (χ1v) is 7.26. The fourth-order valence-corrected chi connectivity index (χ4v) is 2.91. The van der Waals surface area contributed by atoms with Gasteiger partial charge in [0.25, 0.3) is 0 Å². The van der Waals surface area contributed by atoms with E-state index in [1.165, 1.54) is 0 Å². The van der Waals surface area contributed by atoms with Crippen LogP contribution in [0.15, 0.2) is 24.3 Å².